The lowest BCUT2D eigenvalue weighted by Gasteiger charge is -2.42. The zero-order valence-corrected chi connectivity index (χ0v) is 26.8. The molecule has 0 radical (unpaired) electrons. The Kier molecular flexibility index (Phi) is 11.5. The van der Waals surface area contributed by atoms with Crippen LogP contribution in [0.15, 0.2) is 72.8 Å². The first-order valence-electron chi connectivity index (χ1n) is 15.0. The zero-order chi connectivity index (χ0) is 31.0. The average molecular weight is 626 g/mol. The van der Waals surface area contributed by atoms with Gasteiger partial charge in [-0.2, -0.15) is 0 Å². The summed E-state index contributed by atoms with van der Waals surface area (Å²) < 4.78 is 5.80. The molecule has 1 amide bonds. The van der Waals surface area contributed by atoms with Crippen LogP contribution in [0.2, 0.25) is 10.0 Å². The van der Waals surface area contributed by atoms with E-state index < -0.39 is 5.97 Å². The molecule has 0 bridgehead atoms. The number of benzene rings is 3. The van der Waals surface area contributed by atoms with Crippen molar-refractivity contribution in [3.8, 4) is 5.75 Å². The Morgan fingerprint density at radius 1 is 0.977 bits per heavy atom. The van der Waals surface area contributed by atoms with E-state index in [0.29, 0.717) is 16.6 Å². The van der Waals surface area contributed by atoms with Crippen molar-refractivity contribution in [2.24, 2.45) is 0 Å². The normalized spacial score (nSPS) is 15.7. The van der Waals surface area contributed by atoms with E-state index in [-0.39, 0.29) is 36.2 Å². The molecule has 6 nitrogen and oxygen atoms in total. The molecule has 4 rings (SSSR count). The average Bonchev–Trinajstić information content (AvgIpc) is 2.97. The van der Waals surface area contributed by atoms with Crippen molar-refractivity contribution in [1.82, 2.24) is 9.80 Å². The van der Waals surface area contributed by atoms with Crippen LogP contribution < -0.4 is 4.74 Å². The van der Waals surface area contributed by atoms with Gasteiger partial charge in [-0.15, -0.1) is 0 Å². The Labute approximate surface area is 265 Å². The summed E-state index contributed by atoms with van der Waals surface area (Å²) in [4.78, 5) is 29.3. The predicted molar refractivity (Wildman–Crippen MR) is 173 cm³/mol. The number of rotatable bonds is 13. The predicted octanol–water partition coefficient (Wildman–Crippen LogP) is 7.46. The summed E-state index contributed by atoms with van der Waals surface area (Å²) in [5.41, 5.74) is 2.71. The van der Waals surface area contributed by atoms with Crippen molar-refractivity contribution < 1.29 is 19.4 Å². The molecule has 0 aromatic heterocycles. The molecule has 3 aromatic carbocycles. The number of nitrogens with zero attached hydrogens (tertiary/aromatic N) is 2. The molecule has 1 saturated heterocycles. The standard InChI is InChI=1S/C35H42Cl2N2O4/c1-25(2)43-30-11-7-8-26(20-30)21-33(40)38(3)24-28(27-12-13-31(36)32(37)22-27)14-17-39-18-15-35(16-19-39,23-34(41)42)29-9-5-4-6-10-29/h4-13,20,22,25,28H,14-19,21,23-24H2,1-3H3,(H,41,42). The van der Waals surface area contributed by atoms with Crippen LogP contribution in [0.3, 0.4) is 0 Å². The molecule has 230 valence electrons. The smallest absolute Gasteiger partial charge is 0.304 e. The second-order valence-electron chi connectivity index (χ2n) is 12.0. The van der Waals surface area contributed by atoms with Crippen LogP contribution in [0.25, 0.3) is 0 Å². The van der Waals surface area contributed by atoms with Gasteiger partial charge in [-0.25, -0.2) is 0 Å². The van der Waals surface area contributed by atoms with Gasteiger partial charge in [-0.1, -0.05) is 71.7 Å². The van der Waals surface area contributed by atoms with E-state index in [9.17, 15) is 14.7 Å². The molecule has 1 heterocycles. The van der Waals surface area contributed by atoms with Gasteiger partial charge in [0.15, 0.2) is 0 Å². The maximum absolute atomic E-state index is 13.3. The number of ether oxygens (including phenoxy) is 1. The summed E-state index contributed by atoms with van der Waals surface area (Å²) in [7, 11) is 1.85. The fourth-order valence-corrected chi connectivity index (χ4v) is 6.37. The molecule has 8 heteroatoms. The number of carboxylic acid groups (broad SMARTS) is 1. The summed E-state index contributed by atoms with van der Waals surface area (Å²) in [6.45, 7) is 6.97. The Morgan fingerprint density at radius 3 is 2.35 bits per heavy atom. The van der Waals surface area contributed by atoms with Crippen molar-refractivity contribution in [3.63, 3.8) is 0 Å². The topological polar surface area (TPSA) is 70.1 Å². The van der Waals surface area contributed by atoms with Gasteiger partial charge in [0, 0.05) is 24.9 Å². The van der Waals surface area contributed by atoms with Gasteiger partial charge in [0.25, 0.3) is 0 Å². The molecule has 3 aromatic rings. The van der Waals surface area contributed by atoms with Gasteiger partial charge in [-0.3, -0.25) is 9.59 Å². The fraction of sp³-hybridized carbons (Fsp3) is 0.429. The van der Waals surface area contributed by atoms with E-state index in [1.807, 2.05) is 81.6 Å². The van der Waals surface area contributed by atoms with Crippen LogP contribution in [0.1, 0.15) is 62.1 Å². The first-order valence-corrected chi connectivity index (χ1v) is 15.7. The molecule has 1 N–H and O–H groups in total. The van der Waals surface area contributed by atoms with Gasteiger partial charge >= 0.3 is 5.97 Å². The van der Waals surface area contributed by atoms with E-state index in [2.05, 4.69) is 17.0 Å². The molecule has 0 saturated carbocycles. The number of carbonyl (C=O) groups excluding carboxylic acids is 1. The number of amides is 1. The minimum atomic E-state index is -0.760. The molecule has 0 aliphatic carbocycles. The monoisotopic (exact) mass is 624 g/mol. The highest BCUT2D eigenvalue weighted by atomic mass is 35.5. The van der Waals surface area contributed by atoms with Crippen molar-refractivity contribution in [3.05, 3.63) is 99.5 Å². The summed E-state index contributed by atoms with van der Waals surface area (Å²) in [5.74, 6) is 0.0897. The largest absolute Gasteiger partial charge is 0.491 e. The summed E-state index contributed by atoms with van der Waals surface area (Å²) in [6, 6.07) is 23.5. The number of hydrogen-bond donors (Lipinski definition) is 1. The highest BCUT2D eigenvalue weighted by Crippen LogP contribution is 2.39. The second-order valence-corrected chi connectivity index (χ2v) is 12.8. The Bertz CT molecular complexity index is 1370. The number of hydrogen-bond acceptors (Lipinski definition) is 4. The zero-order valence-electron chi connectivity index (χ0n) is 25.3. The van der Waals surface area contributed by atoms with Gasteiger partial charge in [0.05, 0.1) is 29.0 Å². The quantitative estimate of drug-likeness (QED) is 0.214. The molecule has 1 aliphatic heterocycles. The van der Waals surface area contributed by atoms with Crippen LogP contribution in [0.5, 0.6) is 5.75 Å². The lowest BCUT2D eigenvalue weighted by Crippen LogP contribution is -2.44. The molecule has 43 heavy (non-hydrogen) atoms. The number of aliphatic carboxylic acids is 1. The SMILES string of the molecule is CC(C)Oc1cccc(CC(=O)N(C)CC(CCN2CCC(CC(=O)O)(c3ccccc3)CC2)c2ccc(Cl)c(Cl)c2)c1. The van der Waals surface area contributed by atoms with E-state index in [1.54, 1.807) is 4.90 Å². The van der Waals surface area contributed by atoms with E-state index in [1.165, 1.54) is 0 Å². The summed E-state index contributed by atoms with van der Waals surface area (Å²) >= 11 is 12.6. The lowest BCUT2D eigenvalue weighted by atomic mass is 9.70. The maximum atomic E-state index is 13.3. The minimum Gasteiger partial charge on any atom is -0.491 e. The van der Waals surface area contributed by atoms with E-state index in [4.69, 9.17) is 27.9 Å². The second kappa shape index (κ2) is 15.1. The summed E-state index contributed by atoms with van der Waals surface area (Å²) in [5, 5.41) is 10.7. The Balaban J connectivity index is 1.42. The molecule has 1 atom stereocenters. The van der Waals surface area contributed by atoms with Crippen molar-refractivity contribution in [1.29, 1.82) is 0 Å². The first kappa shape index (κ1) is 32.8. The van der Waals surface area contributed by atoms with Crippen LogP contribution in [0, 0.1) is 0 Å². The fourth-order valence-electron chi connectivity index (χ4n) is 6.06. The number of halogens is 2. The van der Waals surface area contributed by atoms with Crippen LogP contribution in [-0.4, -0.2) is 66.1 Å². The van der Waals surface area contributed by atoms with Gasteiger partial charge in [-0.05, 0) is 93.7 Å². The molecular formula is C35H42Cl2N2O4. The van der Waals surface area contributed by atoms with E-state index in [0.717, 1.165) is 61.3 Å². The molecule has 1 aliphatic rings. The highest BCUT2D eigenvalue weighted by Gasteiger charge is 2.38. The Morgan fingerprint density at radius 2 is 1.70 bits per heavy atom. The van der Waals surface area contributed by atoms with E-state index >= 15 is 0 Å². The highest BCUT2D eigenvalue weighted by molar-refractivity contribution is 6.42. The van der Waals surface area contributed by atoms with Crippen LogP contribution in [-0.2, 0) is 21.4 Å². The molecule has 1 unspecified atom stereocenters. The van der Waals surface area contributed by atoms with Crippen molar-refractivity contribution in [2.75, 3.05) is 33.2 Å². The van der Waals surface area contributed by atoms with Crippen LogP contribution in [0.4, 0.5) is 0 Å². The van der Waals surface area contributed by atoms with Crippen molar-refractivity contribution >= 4 is 35.1 Å². The molecule has 0 spiro atoms. The van der Waals surface area contributed by atoms with Crippen LogP contribution >= 0.6 is 23.2 Å². The maximum Gasteiger partial charge on any atom is 0.304 e. The van der Waals surface area contributed by atoms with Gasteiger partial charge in [0.1, 0.15) is 5.75 Å². The lowest BCUT2D eigenvalue weighted by molar-refractivity contribution is -0.139. The van der Waals surface area contributed by atoms with Gasteiger partial charge in [0.2, 0.25) is 5.91 Å². The number of likely N-dealkylation sites (N-methyl/N-ethyl adjacent to an activating group) is 1. The number of likely N-dealkylation sites (tertiary alicyclic amines) is 1. The number of piperidine rings is 1. The third kappa shape index (κ3) is 9.21. The minimum absolute atomic E-state index is 0.0334. The van der Waals surface area contributed by atoms with Crippen molar-refractivity contribution in [2.45, 2.75) is 63.4 Å². The number of carboxylic acids is 1. The molecule has 1 fully saturated rings. The number of carbonyl (C=O) groups is 2. The third-order valence-electron chi connectivity index (χ3n) is 8.44. The first-order chi connectivity index (χ1) is 20.5. The Hall–Kier alpha value is -3.06. The summed E-state index contributed by atoms with van der Waals surface area (Å²) in [6.07, 6.45) is 2.89. The third-order valence-corrected chi connectivity index (χ3v) is 9.18. The molecular weight excluding hydrogens is 583 g/mol. The van der Waals surface area contributed by atoms with Gasteiger partial charge < -0.3 is 19.6 Å².